The summed E-state index contributed by atoms with van der Waals surface area (Å²) in [5.74, 6) is 0. The highest BCUT2D eigenvalue weighted by molar-refractivity contribution is 5.46. The Kier molecular flexibility index (Phi) is 7.63. The van der Waals surface area contributed by atoms with E-state index in [1.54, 1.807) is 0 Å². The fourth-order valence-corrected chi connectivity index (χ4v) is 2.29. The quantitative estimate of drug-likeness (QED) is 0.658. The Hall–Kier alpha value is -1.32. The van der Waals surface area contributed by atoms with Crippen LogP contribution in [0.5, 0.6) is 0 Å². The van der Waals surface area contributed by atoms with E-state index in [1.165, 1.54) is 11.3 Å². The van der Waals surface area contributed by atoms with Crippen molar-refractivity contribution in [1.82, 2.24) is 0 Å². The molecule has 0 spiro atoms. The third kappa shape index (κ3) is 5.82. The first-order chi connectivity index (χ1) is 10.1. The molecule has 0 unspecified atom stereocenters. The molecule has 0 aliphatic rings. The average Bonchev–Trinajstić information content (AvgIpc) is 2.53. The monoisotopic (exact) mass is 362 g/mol. The van der Waals surface area contributed by atoms with Gasteiger partial charge in [-0.25, -0.2) is 0 Å². The van der Waals surface area contributed by atoms with Gasteiger partial charge in [0, 0.05) is 12.2 Å². The zero-order valence-corrected chi connectivity index (χ0v) is 15.5. The number of nitrogens with zero attached hydrogens (tertiary/aromatic N) is 2. The van der Waals surface area contributed by atoms with Gasteiger partial charge in [0.1, 0.15) is 0 Å². The Balaban J connectivity index is 0.00000242. The first-order valence-corrected chi connectivity index (χ1v) is 7.76. The molecule has 2 aromatic rings. The largest absolute Gasteiger partial charge is 1.00 e. The van der Waals surface area contributed by atoms with E-state index in [1.807, 2.05) is 0 Å². The normalized spacial score (nSPS) is 10.9. The van der Waals surface area contributed by atoms with Crippen molar-refractivity contribution in [3.8, 4) is 0 Å². The molecule has 0 aliphatic carbocycles. The number of halogens is 1. The van der Waals surface area contributed by atoms with Crippen molar-refractivity contribution >= 4 is 5.69 Å². The third-order valence-corrected chi connectivity index (χ3v) is 4.17. The molecule has 120 valence electrons. The van der Waals surface area contributed by atoms with E-state index in [0.29, 0.717) is 0 Å². The lowest BCUT2D eigenvalue weighted by Crippen LogP contribution is -3.00. The predicted octanol–water partition coefficient (Wildman–Crippen LogP) is 0.794. The second-order valence-electron chi connectivity index (χ2n) is 6.22. The van der Waals surface area contributed by atoms with Gasteiger partial charge in [-0.05, 0) is 24.6 Å². The number of quaternary nitrogens is 1. The Morgan fingerprint density at radius 2 is 1.41 bits per heavy atom. The molecule has 3 heteroatoms. The van der Waals surface area contributed by atoms with Crippen molar-refractivity contribution in [2.24, 2.45) is 0 Å². The molecule has 0 aliphatic heterocycles. The van der Waals surface area contributed by atoms with Crippen molar-refractivity contribution in [2.75, 3.05) is 38.6 Å². The van der Waals surface area contributed by atoms with E-state index in [9.17, 15) is 0 Å². The maximum Gasteiger partial charge on any atom is 0.0960 e. The van der Waals surface area contributed by atoms with E-state index in [-0.39, 0.29) is 17.0 Å². The summed E-state index contributed by atoms with van der Waals surface area (Å²) >= 11 is 0. The second-order valence-corrected chi connectivity index (χ2v) is 6.22. The molecular weight excluding hydrogens is 336 g/mol. The molecule has 2 rings (SSSR count). The number of anilines is 1. The van der Waals surface area contributed by atoms with Crippen LogP contribution in [-0.2, 0) is 6.54 Å². The van der Waals surface area contributed by atoms with Crippen molar-refractivity contribution in [2.45, 2.75) is 13.5 Å². The van der Waals surface area contributed by atoms with E-state index in [2.05, 4.69) is 86.6 Å². The van der Waals surface area contributed by atoms with E-state index >= 15 is 0 Å². The second kappa shape index (κ2) is 8.96. The summed E-state index contributed by atoms with van der Waals surface area (Å²) in [6.07, 6.45) is 0. The molecule has 0 fully saturated rings. The minimum Gasteiger partial charge on any atom is -1.00 e. The highest BCUT2D eigenvalue weighted by Gasteiger charge is 2.15. The molecule has 0 saturated carbocycles. The number of hydrogen-bond donors (Lipinski definition) is 0. The first kappa shape index (κ1) is 18.7. The van der Waals surface area contributed by atoms with Crippen LogP contribution >= 0.6 is 0 Å². The molecule has 0 amide bonds. The number of benzene rings is 2. The summed E-state index contributed by atoms with van der Waals surface area (Å²) in [5.41, 5.74) is 2.67. The van der Waals surface area contributed by atoms with E-state index < -0.39 is 0 Å². The van der Waals surface area contributed by atoms with Crippen LogP contribution in [0, 0.1) is 0 Å². The van der Waals surface area contributed by atoms with Gasteiger partial charge in [-0.3, -0.25) is 0 Å². The predicted molar refractivity (Wildman–Crippen MR) is 91.5 cm³/mol. The van der Waals surface area contributed by atoms with Gasteiger partial charge in [-0.1, -0.05) is 48.5 Å². The fourth-order valence-electron chi connectivity index (χ4n) is 2.29. The molecule has 0 heterocycles. The van der Waals surface area contributed by atoms with Crippen LogP contribution in [0.1, 0.15) is 12.5 Å². The topological polar surface area (TPSA) is 3.24 Å². The lowest BCUT2D eigenvalue weighted by atomic mass is 10.2. The Morgan fingerprint density at radius 3 is 1.95 bits per heavy atom. The van der Waals surface area contributed by atoms with Gasteiger partial charge in [-0.15, -0.1) is 0 Å². The van der Waals surface area contributed by atoms with Crippen molar-refractivity contribution in [1.29, 1.82) is 0 Å². The van der Waals surface area contributed by atoms with Gasteiger partial charge in [-0.2, -0.15) is 0 Å². The van der Waals surface area contributed by atoms with Crippen LogP contribution in [0.4, 0.5) is 5.69 Å². The molecule has 0 bridgehead atoms. The standard InChI is InChI=1S/C19H27N2.BrH/c1-4-21(2,3)16-15-20(19-13-9-6-10-14-19)17-18-11-7-5-8-12-18;/h5-14H,4,15-17H2,1-3H3;1H/q+1;/p-1. The number of para-hydroxylation sites is 1. The van der Waals surface area contributed by atoms with Crippen molar-refractivity contribution < 1.29 is 21.5 Å². The van der Waals surface area contributed by atoms with Gasteiger partial charge in [0.15, 0.2) is 0 Å². The maximum atomic E-state index is 2.48. The lowest BCUT2D eigenvalue weighted by Gasteiger charge is -2.32. The number of hydrogen-bond acceptors (Lipinski definition) is 1. The highest BCUT2D eigenvalue weighted by Crippen LogP contribution is 2.17. The third-order valence-electron chi connectivity index (χ3n) is 4.17. The summed E-state index contributed by atoms with van der Waals surface area (Å²) in [7, 11) is 4.59. The lowest BCUT2D eigenvalue weighted by molar-refractivity contribution is -0.887. The van der Waals surface area contributed by atoms with E-state index in [4.69, 9.17) is 0 Å². The van der Waals surface area contributed by atoms with Gasteiger partial charge < -0.3 is 26.4 Å². The minimum absolute atomic E-state index is 0. The van der Waals surface area contributed by atoms with Gasteiger partial charge in [0.2, 0.25) is 0 Å². The molecule has 2 nitrogen and oxygen atoms in total. The molecule has 0 atom stereocenters. The summed E-state index contributed by atoms with van der Waals surface area (Å²) in [5, 5.41) is 0. The van der Waals surface area contributed by atoms with Crippen LogP contribution in [0.2, 0.25) is 0 Å². The Labute approximate surface area is 145 Å². The van der Waals surface area contributed by atoms with Crippen LogP contribution in [-0.4, -0.2) is 38.2 Å². The van der Waals surface area contributed by atoms with Gasteiger partial charge in [0.25, 0.3) is 0 Å². The highest BCUT2D eigenvalue weighted by atomic mass is 79.9. The van der Waals surface area contributed by atoms with Crippen molar-refractivity contribution in [3.63, 3.8) is 0 Å². The van der Waals surface area contributed by atoms with E-state index in [0.717, 1.165) is 30.7 Å². The molecule has 0 saturated heterocycles. The number of rotatable bonds is 7. The molecule has 0 N–H and O–H groups in total. The first-order valence-electron chi connectivity index (χ1n) is 7.76. The molecule has 0 radical (unpaired) electrons. The Bertz CT molecular complexity index is 526. The molecular formula is C19H27BrN2. The molecule has 0 aromatic heterocycles. The maximum absolute atomic E-state index is 2.48. The Morgan fingerprint density at radius 1 is 0.864 bits per heavy atom. The summed E-state index contributed by atoms with van der Waals surface area (Å²) in [6, 6.07) is 21.4. The smallest absolute Gasteiger partial charge is 0.0960 e. The average molecular weight is 363 g/mol. The summed E-state index contributed by atoms with van der Waals surface area (Å²) in [6.45, 7) is 6.60. The fraction of sp³-hybridized carbons (Fsp3) is 0.368. The minimum atomic E-state index is 0. The van der Waals surface area contributed by atoms with Crippen LogP contribution < -0.4 is 21.9 Å². The van der Waals surface area contributed by atoms with Crippen LogP contribution in [0.3, 0.4) is 0 Å². The summed E-state index contributed by atoms with van der Waals surface area (Å²) < 4.78 is 1.05. The number of likely N-dealkylation sites (N-methyl/N-ethyl adjacent to an activating group) is 1. The summed E-state index contributed by atoms with van der Waals surface area (Å²) in [4.78, 5) is 2.48. The SMILES string of the molecule is CC[N+](C)(C)CCN(Cc1ccccc1)c1ccccc1.[Br-]. The van der Waals surface area contributed by atoms with Gasteiger partial charge >= 0.3 is 0 Å². The molecule has 22 heavy (non-hydrogen) atoms. The van der Waals surface area contributed by atoms with Gasteiger partial charge in [0.05, 0.1) is 33.7 Å². The van der Waals surface area contributed by atoms with Crippen LogP contribution in [0.25, 0.3) is 0 Å². The zero-order valence-electron chi connectivity index (χ0n) is 13.9. The molecule has 2 aromatic carbocycles. The van der Waals surface area contributed by atoms with Crippen molar-refractivity contribution in [3.05, 3.63) is 66.2 Å². The zero-order chi connectivity index (χ0) is 15.1. The van der Waals surface area contributed by atoms with Crippen LogP contribution in [0.15, 0.2) is 60.7 Å².